The quantitative estimate of drug-likeness (QED) is 0.863. The predicted molar refractivity (Wildman–Crippen MR) is 80.9 cm³/mol. The number of carbonyl (C=O) groups excluding carboxylic acids is 2. The van der Waals surface area contributed by atoms with Crippen LogP contribution >= 0.6 is 0 Å². The maximum Gasteiger partial charge on any atom is 0.227 e. The SMILES string of the molecule is Cc1ccc(N2CC(C(=O)NCCC(C)O)CC2=O)c(F)c1. The van der Waals surface area contributed by atoms with Crippen LogP contribution in [0.1, 0.15) is 25.3 Å². The minimum Gasteiger partial charge on any atom is -0.393 e. The van der Waals surface area contributed by atoms with Crippen molar-refractivity contribution in [2.75, 3.05) is 18.0 Å². The number of halogens is 1. The Labute approximate surface area is 129 Å². The molecule has 2 rings (SSSR count). The molecule has 0 spiro atoms. The van der Waals surface area contributed by atoms with E-state index in [2.05, 4.69) is 5.32 Å². The monoisotopic (exact) mass is 308 g/mol. The molecular formula is C16H21FN2O3. The summed E-state index contributed by atoms with van der Waals surface area (Å²) < 4.78 is 14.0. The highest BCUT2D eigenvalue weighted by Gasteiger charge is 2.36. The molecule has 2 unspecified atom stereocenters. The molecule has 5 nitrogen and oxygen atoms in total. The minimum atomic E-state index is -0.484. The summed E-state index contributed by atoms with van der Waals surface area (Å²) in [6, 6.07) is 4.68. The standard InChI is InChI=1S/C16H21FN2O3/c1-10-3-4-14(13(17)7-10)19-9-12(8-15(19)21)16(22)18-6-5-11(2)20/h3-4,7,11-12,20H,5-6,8-9H2,1-2H3,(H,18,22). The molecule has 0 radical (unpaired) electrons. The Bertz CT molecular complexity index is 575. The topological polar surface area (TPSA) is 69.6 Å². The summed E-state index contributed by atoms with van der Waals surface area (Å²) in [5, 5.41) is 11.9. The van der Waals surface area contributed by atoms with Gasteiger partial charge in [0.25, 0.3) is 0 Å². The molecule has 2 N–H and O–H groups in total. The summed E-state index contributed by atoms with van der Waals surface area (Å²) in [6.45, 7) is 3.96. The van der Waals surface area contributed by atoms with Crippen LogP contribution < -0.4 is 10.2 Å². The van der Waals surface area contributed by atoms with Crippen LogP contribution in [0.5, 0.6) is 0 Å². The van der Waals surface area contributed by atoms with Gasteiger partial charge in [0, 0.05) is 19.5 Å². The molecule has 22 heavy (non-hydrogen) atoms. The van der Waals surface area contributed by atoms with Crippen LogP contribution in [-0.2, 0) is 9.59 Å². The third-order valence-corrected chi connectivity index (χ3v) is 3.75. The normalized spacial score (nSPS) is 19.4. The average Bonchev–Trinajstić information content (AvgIpc) is 2.80. The van der Waals surface area contributed by atoms with Gasteiger partial charge in [-0.3, -0.25) is 9.59 Å². The molecule has 6 heteroatoms. The van der Waals surface area contributed by atoms with E-state index in [1.807, 2.05) is 0 Å². The van der Waals surface area contributed by atoms with Gasteiger partial charge < -0.3 is 15.3 Å². The third-order valence-electron chi connectivity index (χ3n) is 3.75. The van der Waals surface area contributed by atoms with E-state index in [-0.39, 0.29) is 30.5 Å². The fraction of sp³-hybridized carbons (Fsp3) is 0.500. The van der Waals surface area contributed by atoms with Crippen molar-refractivity contribution in [2.24, 2.45) is 5.92 Å². The number of nitrogens with one attached hydrogen (secondary N) is 1. The third kappa shape index (κ3) is 3.82. The first-order valence-corrected chi connectivity index (χ1v) is 7.40. The van der Waals surface area contributed by atoms with E-state index >= 15 is 0 Å². The van der Waals surface area contributed by atoms with Crippen molar-refractivity contribution in [1.29, 1.82) is 0 Å². The fourth-order valence-corrected chi connectivity index (χ4v) is 2.50. The summed E-state index contributed by atoms with van der Waals surface area (Å²) in [5.74, 6) is -1.42. The molecule has 2 atom stereocenters. The van der Waals surface area contributed by atoms with Crippen molar-refractivity contribution in [2.45, 2.75) is 32.8 Å². The molecule has 1 aromatic carbocycles. The second-order valence-electron chi connectivity index (χ2n) is 5.79. The van der Waals surface area contributed by atoms with E-state index in [1.54, 1.807) is 26.0 Å². The van der Waals surface area contributed by atoms with Crippen molar-refractivity contribution >= 4 is 17.5 Å². The lowest BCUT2D eigenvalue weighted by molar-refractivity contribution is -0.126. The number of amides is 2. The van der Waals surface area contributed by atoms with E-state index in [0.29, 0.717) is 13.0 Å². The van der Waals surface area contributed by atoms with Crippen molar-refractivity contribution < 1.29 is 19.1 Å². The Morgan fingerprint density at radius 1 is 1.55 bits per heavy atom. The van der Waals surface area contributed by atoms with Crippen LogP contribution in [0.2, 0.25) is 0 Å². The van der Waals surface area contributed by atoms with Gasteiger partial charge in [0.05, 0.1) is 17.7 Å². The summed E-state index contributed by atoms with van der Waals surface area (Å²) in [4.78, 5) is 25.4. The number of hydrogen-bond acceptors (Lipinski definition) is 3. The zero-order valence-electron chi connectivity index (χ0n) is 12.8. The highest BCUT2D eigenvalue weighted by atomic mass is 19.1. The smallest absolute Gasteiger partial charge is 0.227 e. The van der Waals surface area contributed by atoms with E-state index in [1.165, 1.54) is 11.0 Å². The van der Waals surface area contributed by atoms with Crippen LogP contribution in [0.25, 0.3) is 0 Å². The molecule has 1 aliphatic heterocycles. The minimum absolute atomic E-state index is 0.0772. The van der Waals surface area contributed by atoms with Crippen molar-refractivity contribution in [1.82, 2.24) is 5.32 Å². The van der Waals surface area contributed by atoms with Crippen LogP contribution in [0.4, 0.5) is 10.1 Å². The van der Waals surface area contributed by atoms with Crippen LogP contribution in [0, 0.1) is 18.7 Å². The number of nitrogens with zero attached hydrogens (tertiary/aromatic N) is 1. The van der Waals surface area contributed by atoms with E-state index in [4.69, 9.17) is 5.11 Å². The Balaban J connectivity index is 2.00. The molecule has 0 saturated carbocycles. The summed E-state index contributed by atoms with van der Waals surface area (Å²) >= 11 is 0. The van der Waals surface area contributed by atoms with Gasteiger partial charge in [0.1, 0.15) is 5.82 Å². The first kappa shape index (κ1) is 16.4. The summed E-state index contributed by atoms with van der Waals surface area (Å²) in [5.41, 5.74) is 0.996. The van der Waals surface area contributed by atoms with Crippen molar-refractivity contribution in [3.05, 3.63) is 29.6 Å². The molecule has 1 aromatic rings. The van der Waals surface area contributed by atoms with E-state index in [9.17, 15) is 14.0 Å². The van der Waals surface area contributed by atoms with Crippen LogP contribution in [0.15, 0.2) is 18.2 Å². The second-order valence-corrected chi connectivity index (χ2v) is 5.79. The lowest BCUT2D eigenvalue weighted by atomic mass is 10.1. The van der Waals surface area contributed by atoms with Gasteiger partial charge >= 0.3 is 0 Å². The molecule has 0 aromatic heterocycles. The maximum atomic E-state index is 14.0. The number of aliphatic hydroxyl groups excluding tert-OH is 1. The fourth-order valence-electron chi connectivity index (χ4n) is 2.50. The Morgan fingerprint density at radius 2 is 2.27 bits per heavy atom. The number of aryl methyl sites for hydroxylation is 1. The van der Waals surface area contributed by atoms with Gasteiger partial charge in [0.2, 0.25) is 11.8 Å². The molecule has 120 valence electrons. The average molecular weight is 308 g/mol. The van der Waals surface area contributed by atoms with Gasteiger partial charge in [0.15, 0.2) is 0 Å². The predicted octanol–water partition coefficient (Wildman–Crippen LogP) is 1.37. The zero-order chi connectivity index (χ0) is 16.3. The molecule has 0 bridgehead atoms. The van der Waals surface area contributed by atoms with E-state index in [0.717, 1.165) is 5.56 Å². The van der Waals surface area contributed by atoms with E-state index < -0.39 is 17.8 Å². The van der Waals surface area contributed by atoms with Crippen molar-refractivity contribution in [3.63, 3.8) is 0 Å². The number of rotatable bonds is 5. The number of hydrogen-bond donors (Lipinski definition) is 2. The lowest BCUT2D eigenvalue weighted by Crippen LogP contribution is -2.34. The highest BCUT2D eigenvalue weighted by Crippen LogP contribution is 2.28. The molecule has 1 heterocycles. The molecule has 1 saturated heterocycles. The largest absolute Gasteiger partial charge is 0.393 e. The van der Waals surface area contributed by atoms with Gasteiger partial charge in [-0.15, -0.1) is 0 Å². The molecule has 0 aliphatic carbocycles. The van der Waals surface area contributed by atoms with Gasteiger partial charge in [-0.05, 0) is 38.0 Å². The first-order chi connectivity index (χ1) is 10.4. The summed E-state index contributed by atoms with van der Waals surface area (Å²) in [7, 11) is 0. The van der Waals surface area contributed by atoms with Gasteiger partial charge in [-0.1, -0.05) is 6.07 Å². The van der Waals surface area contributed by atoms with Crippen LogP contribution in [0.3, 0.4) is 0 Å². The molecule has 2 amide bonds. The second kappa shape index (κ2) is 6.87. The first-order valence-electron chi connectivity index (χ1n) is 7.40. The Hall–Kier alpha value is -1.95. The highest BCUT2D eigenvalue weighted by molar-refractivity contribution is 6.00. The maximum absolute atomic E-state index is 14.0. The lowest BCUT2D eigenvalue weighted by Gasteiger charge is -2.18. The number of carbonyl (C=O) groups is 2. The number of benzene rings is 1. The van der Waals surface area contributed by atoms with Gasteiger partial charge in [-0.25, -0.2) is 4.39 Å². The Morgan fingerprint density at radius 3 is 2.91 bits per heavy atom. The van der Waals surface area contributed by atoms with Crippen LogP contribution in [-0.4, -0.2) is 36.1 Å². The van der Waals surface area contributed by atoms with Crippen molar-refractivity contribution in [3.8, 4) is 0 Å². The Kier molecular flexibility index (Phi) is 5.13. The number of anilines is 1. The zero-order valence-corrected chi connectivity index (χ0v) is 12.8. The number of aliphatic hydroxyl groups is 1. The van der Waals surface area contributed by atoms with Gasteiger partial charge in [-0.2, -0.15) is 0 Å². The summed E-state index contributed by atoms with van der Waals surface area (Å²) in [6.07, 6.45) is 0.0555. The molecule has 1 aliphatic rings. The molecular weight excluding hydrogens is 287 g/mol. The molecule has 1 fully saturated rings.